The van der Waals surface area contributed by atoms with Gasteiger partial charge in [0.2, 0.25) is 0 Å². The molecule has 0 aliphatic rings. The number of halogens is 1. The van der Waals surface area contributed by atoms with Crippen molar-refractivity contribution in [1.82, 2.24) is 15.0 Å². The Morgan fingerprint density at radius 1 is 1.29 bits per heavy atom. The predicted octanol–water partition coefficient (Wildman–Crippen LogP) is 2.41. The lowest BCUT2D eigenvalue weighted by Gasteiger charge is -1.99. The van der Waals surface area contributed by atoms with E-state index >= 15 is 0 Å². The van der Waals surface area contributed by atoms with Gasteiger partial charge in [-0.15, -0.1) is 0 Å². The molecule has 0 radical (unpaired) electrons. The van der Waals surface area contributed by atoms with Crippen LogP contribution >= 0.6 is 11.6 Å². The third-order valence-corrected chi connectivity index (χ3v) is 2.85. The smallest absolute Gasteiger partial charge is 0.138 e. The van der Waals surface area contributed by atoms with E-state index in [1.165, 1.54) is 0 Å². The van der Waals surface area contributed by atoms with E-state index in [1.54, 1.807) is 12.4 Å². The van der Waals surface area contributed by atoms with E-state index in [0.717, 1.165) is 42.9 Å². The molecule has 0 saturated heterocycles. The number of hydrogen-bond acceptors (Lipinski definition) is 3. The van der Waals surface area contributed by atoms with Gasteiger partial charge in [-0.1, -0.05) is 11.6 Å². The number of aromatic amines is 1. The van der Waals surface area contributed by atoms with Crippen LogP contribution in [0.4, 0.5) is 0 Å². The highest BCUT2D eigenvalue weighted by Crippen LogP contribution is 2.23. The summed E-state index contributed by atoms with van der Waals surface area (Å²) in [6.45, 7) is 0.724. The van der Waals surface area contributed by atoms with Crippen molar-refractivity contribution in [2.75, 3.05) is 6.54 Å². The van der Waals surface area contributed by atoms with Crippen molar-refractivity contribution in [2.45, 2.75) is 19.3 Å². The summed E-state index contributed by atoms with van der Waals surface area (Å²) in [4.78, 5) is 11.6. The van der Waals surface area contributed by atoms with E-state index in [2.05, 4.69) is 15.0 Å². The van der Waals surface area contributed by atoms with E-state index in [0.29, 0.717) is 5.15 Å². The van der Waals surface area contributed by atoms with E-state index in [9.17, 15) is 0 Å². The molecule has 0 fully saturated rings. The van der Waals surface area contributed by atoms with Crippen LogP contribution in [0.2, 0.25) is 5.15 Å². The van der Waals surface area contributed by atoms with Gasteiger partial charge in [0.05, 0.1) is 11.9 Å². The number of pyridine rings is 1. The minimum atomic E-state index is 0.490. The number of unbranched alkanes of at least 4 members (excludes halogenated alkanes) is 1. The van der Waals surface area contributed by atoms with Crippen molar-refractivity contribution in [3.05, 3.63) is 35.5 Å². The van der Waals surface area contributed by atoms with Crippen LogP contribution in [0.3, 0.4) is 0 Å². The molecule has 0 aromatic carbocycles. The first-order valence-corrected chi connectivity index (χ1v) is 6.04. The molecule has 0 amide bonds. The van der Waals surface area contributed by atoms with Gasteiger partial charge in [0, 0.05) is 18.2 Å². The number of H-pyrrole nitrogens is 1. The SMILES string of the molecule is NCCCCc1ncc(-c2cccnc2Cl)[nH]1. The van der Waals surface area contributed by atoms with Crippen LogP contribution in [-0.4, -0.2) is 21.5 Å². The molecule has 2 rings (SSSR count). The maximum Gasteiger partial charge on any atom is 0.138 e. The molecule has 2 aromatic rings. The fraction of sp³-hybridized carbons (Fsp3) is 0.333. The Kier molecular flexibility index (Phi) is 4.12. The topological polar surface area (TPSA) is 67.6 Å². The highest BCUT2D eigenvalue weighted by Gasteiger charge is 2.07. The Morgan fingerprint density at radius 2 is 2.18 bits per heavy atom. The van der Waals surface area contributed by atoms with E-state index < -0.39 is 0 Å². The number of imidazole rings is 1. The van der Waals surface area contributed by atoms with Gasteiger partial charge in [0.15, 0.2) is 0 Å². The Balaban J connectivity index is 2.10. The Morgan fingerprint density at radius 3 is 2.94 bits per heavy atom. The van der Waals surface area contributed by atoms with Crippen LogP contribution in [0.25, 0.3) is 11.3 Å². The molecule has 0 atom stereocenters. The molecule has 0 aliphatic heterocycles. The summed E-state index contributed by atoms with van der Waals surface area (Å²) in [7, 11) is 0. The molecule has 2 heterocycles. The average molecular weight is 251 g/mol. The van der Waals surface area contributed by atoms with Crippen molar-refractivity contribution < 1.29 is 0 Å². The number of rotatable bonds is 5. The monoisotopic (exact) mass is 250 g/mol. The highest BCUT2D eigenvalue weighted by atomic mass is 35.5. The molecule has 4 nitrogen and oxygen atoms in total. The van der Waals surface area contributed by atoms with Gasteiger partial charge in [-0.2, -0.15) is 0 Å². The quantitative estimate of drug-likeness (QED) is 0.633. The first-order valence-electron chi connectivity index (χ1n) is 5.66. The molecule has 90 valence electrons. The third kappa shape index (κ3) is 3.05. The summed E-state index contributed by atoms with van der Waals surface area (Å²) in [6, 6.07) is 3.78. The summed E-state index contributed by atoms with van der Waals surface area (Å²) in [5, 5.41) is 0.490. The predicted molar refractivity (Wildman–Crippen MR) is 68.8 cm³/mol. The molecular formula is C12H15ClN4. The van der Waals surface area contributed by atoms with Crippen LogP contribution in [0.1, 0.15) is 18.7 Å². The lowest BCUT2D eigenvalue weighted by atomic mass is 10.2. The molecule has 3 N–H and O–H groups in total. The molecule has 2 aromatic heterocycles. The Labute approximate surface area is 105 Å². The first-order chi connectivity index (χ1) is 8.31. The van der Waals surface area contributed by atoms with Gasteiger partial charge < -0.3 is 10.7 Å². The number of hydrogen-bond donors (Lipinski definition) is 2. The normalized spacial score (nSPS) is 10.7. The molecular weight excluding hydrogens is 236 g/mol. The minimum Gasteiger partial charge on any atom is -0.342 e. The summed E-state index contributed by atoms with van der Waals surface area (Å²) >= 11 is 6.02. The summed E-state index contributed by atoms with van der Waals surface area (Å²) in [6.07, 6.45) is 6.44. The Hall–Kier alpha value is -1.39. The van der Waals surface area contributed by atoms with Crippen molar-refractivity contribution in [3.63, 3.8) is 0 Å². The molecule has 0 bridgehead atoms. The summed E-state index contributed by atoms with van der Waals surface area (Å²) in [5.41, 5.74) is 7.24. The fourth-order valence-electron chi connectivity index (χ4n) is 1.65. The van der Waals surface area contributed by atoms with Gasteiger partial charge in [0.1, 0.15) is 11.0 Å². The number of aryl methyl sites for hydroxylation is 1. The highest BCUT2D eigenvalue weighted by molar-refractivity contribution is 6.31. The zero-order chi connectivity index (χ0) is 12.1. The van der Waals surface area contributed by atoms with Crippen LogP contribution in [0, 0.1) is 0 Å². The van der Waals surface area contributed by atoms with Gasteiger partial charge in [-0.3, -0.25) is 0 Å². The van der Waals surface area contributed by atoms with Gasteiger partial charge in [0.25, 0.3) is 0 Å². The largest absolute Gasteiger partial charge is 0.342 e. The second kappa shape index (κ2) is 5.80. The molecule has 5 heteroatoms. The lowest BCUT2D eigenvalue weighted by molar-refractivity contribution is 0.723. The molecule has 17 heavy (non-hydrogen) atoms. The van der Waals surface area contributed by atoms with Crippen molar-refractivity contribution in [3.8, 4) is 11.3 Å². The summed E-state index contributed by atoms with van der Waals surface area (Å²) < 4.78 is 0. The van der Waals surface area contributed by atoms with Gasteiger partial charge in [-0.25, -0.2) is 9.97 Å². The van der Waals surface area contributed by atoms with E-state index in [4.69, 9.17) is 17.3 Å². The maximum atomic E-state index is 6.02. The van der Waals surface area contributed by atoms with Crippen molar-refractivity contribution in [2.24, 2.45) is 5.73 Å². The van der Waals surface area contributed by atoms with Crippen LogP contribution in [0.5, 0.6) is 0 Å². The van der Waals surface area contributed by atoms with Crippen LogP contribution in [-0.2, 0) is 6.42 Å². The van der Waals surface area contributed by atoms with Gasteiger partial charge in [-0.05, 0) is 31.5 Å². The van der Waals surface area contributed by atoms with Crippen molar-refractivity contribution >= 4 is 11.6 Å². The fourth-order valence-corrected chi connectivity index (χ4v) is 1.87. The van der Waals surface area contributed by atoms with Crippen LogP contribution < -0.4 is 5.73 Å². The minimum absolute atomic E-state index is 0.490. The second-order valence-electron chi connectivity index (χ2n) is 3.83. The Bertz CT molecular complexity index is 481. The number of nitrogens with one attached hydrogen (secondary N) is 1. The molecule has 0 aliphatic carbocycles. The maximum absolute atomic E-state index is 6.02. The standard InChI is InChI=1S/C12H15ClN4/c13-12-9(4-3-7-15-12)10-8-16-11(17-10)5-1-2-6-14/h3-4,7-8H,1-2,5-6,14H2,(H,16,17). The number of nitrogens with two attached hydrogens (primary N) is 1. The zero-order valence-corrected chi connectivity index (χ0v) is 10.2. The average Bonchev–Trinajstić information content (AvgIpc) is 2.79. The summed E-state index contributed by atoms with van der Waals surface area (Å²) in [5.74, 6) is 0.966. The van der Waals surface area contributed by atoms with Crippen LogP contribution in [0.15, 0.2) is 24.5 Å². The lowest BCUT2D eigenvalue weighted by Crippen LogP contribution is -1.99. The molecule has 0 spiro atoms. The number of nitrogens with zero attached hydrogens (tertiary/aromatic N) is 2. The van der Waals surface area contributed by atoms with E-state index in [-0.39, 0.29) is 0 Å². The zero-order valence-electron chi connectivity index (χ0n) is 9.49. The second-order valence-corrected chi connectivity index (χ2v) is 4.19. The number of aromatic nitrogens is 3. The van der Waals surface area contributed by atoms with Crippen molar-refractivity contribution in [1.29, 1.82) is 0 Å². The third-order valence-electron chi connectivity index (χ3n) is 2.55. The van der Waals surface area contributed by atoms with E-state index in [1.807, 2.05) is 12.1 Å². The first kappa shape index (κ1) is 12.1. The molecule has 0 saturated carbocycles. The molecule has 0 unspecified atom stereocenters. The van der Waals surface area contributed by atoms with Gasteiger partial charge >= 0.3 is 0 Å².